The van der Waals surface area contributed by atoms with Crippen molar-refractivity contribution >= 4 is 22.4 Å². The van der Waals surface area contributed by atoms with Gasteiger partial charge in [-0.3, -0.25) is 4.79 Å². The second kappa shape index (κ2) is 6.87. The van der Waals surface area contributed by atoms with E-state index in [-0.39, 0.29) is 11.9 Å². The van der Waals surface area contributed by atoms with Crippen LogP contribution in [-0.2, 0) is 11.2 Å². The van der Waals surface area contributed by atoms with E-state index in [9.17, 15) is 4.79 Å². The van der Waals surface area contributed by atoms with Crippen LogP contribution >= 0.6 is 11.3 Å². The quantitative estimate of drug-likeness (QED) is 0.940. The Hall–Kier alpha value is -1.95. The highest BCUT2D eigenvalue weighted by atomic mass is 32.1. The number of piperidine rings is 1. The van der Waals surface area contributed by atoms with Crippen LogP contribution < -0.4 is 10.2 Å². The van der Waals surface area contributed by atoms with Gasteiger partial charge in [0.15, 0.2) is 0 Å². The molecule has 0 unspecified atom stereocenters. The van der Waals surface area contributed by atoms with Crippen LogP contribution in [-0.4, -0.2) is 35.2 Å². The maximum Gasteiger partial charge on any atom is 0.217 e. The number of benzene rings is 1. The number of nitrogens with one attached hydrogen (secondary N) is 1. The fraction of sp³-hybridized carbons (Fsp3) is 0.438. The van der Waals surface area contributed by atoms with Crippen LogP contribution in [0.2, 0.25) is 0 Å². The van der Waals surface area contributed by atoms with E-state index in [0.29, 0.717) is 0 Å². The lowest BCUT2D eigenvalue weighted by molar-refractivity contribution is -0.119. The van der Waals surface area contributed by atoms with Crippen molar-refractivity contribution in [2.45, 2.75) is 32.2 Å². The van der Waals surface area contributed by atoms with Crippen LogP contribution in [0.1, 0.15) is 30.3 Å². The molecule has 1 aliphatic heterocycles. The monoisotopic (exact) mass is 316 g/mol. The zero-order valence-electron chi connectivity index (χ0n) is 12.7. The molecule has 3 rings (SSSR count). The molecule has 0 spiro atoms. The Kier molecular flexibility index (Phi) is 4.68. The summed E-state index contributed by atoms with van der Waals surface area (Å²) in [6, 6.07) is 10.5. The van der Waals surface area contributed by atoms with Crippen molar-refractivity contribution < 1.29 is 4.79 Å². The van der Waals surface area contributed by atoms with E-state index in [0.717, 1.165) is 42.5 Å². The Labute approximate surface area is 134 Å². The van der Waals surface area contributed by atoms with Crippen molar-refractivity contribution in [3.8, 4) is 0 Å². The highest BCUT2D eigenvalue weighted by molar-refractivity contribution is 7.15. The molecule has 1 saturated heterocycles. The molecule has 22 heavy (non-hydrogen) atoms. The van der Waals surface area contributed by atoms with E-state index in [4.69, 9.17) is 0 Å². The van der Waals surface area contributed by atoms with Gasteiger partial charge in [-0.05, 0) is 18.4 Å². The lowest BCUT2D eigenvalue weighted by Gasteiger charge is -2.32. The van der Waals surface area contributed by atoms with E-state index in [1.165, 1.54) is 5.56 Å². The number of carbonyl (C=O) groups is 1. The zero-order chi connectivity index (χ0) is 15.4. The number of rotatable bonds is 4. The second-order valence-electron chi connectivity index (χ2n) is 5.63. The highest BCUT2D eigenvalue weighted by Crippen LogP contribution is 2.25. The van der Waals surface area contributed by atoms with Gasteiger partial charge in [0.1, 0.15) is 5.01 Å². The van der Waals surface area contributed by atoms with Crippen molar-refractivity contribution in [1.82, 2.24) is 15.5 Å². The number of nitrogens with zero attached hydrogens (tertiary/aromatic N) is 3. The van der Waals surface area contributed by atoms with Crippen LogP contribution in [0.25, 0.3) is 0 Å². The van der Waals surface area contributed by atoms with Gasteiger partial charge in [-0.25, -0.2) is 0 Å². The van der Waals surface area contributed by atoms with Crippen LogP contribution in [0.15, 0.2) is 30.3 Å². The summed E-state index contributed by atoms with van der Waals surface area (Å²) in [6.45, 7) is 3.37. The number of hydrogen-bond acceptors (Lipinski definition) is 5. The average molecular weight is 316 g/mol. The maximum atomic E-state index is 11.2. The molecular weight excluding hydrogens is 296 g/mol. The summed E-state index contributed by atoms with van der Waals surface area (Å²) in [4.78, 5) is 13.4. The molecule has 2 heterocycles. The van der Waals surface area contributed by atoms with Crippen LogP contribution in [0.5, 0.6) is 0 Å². The smallest absolute Gasteiger partial charge is 0.217 e. The second-order valence-corrected chi connectivity index (χ2v) is 6.67. The third-order valence-corrected chi connectivity index (χ3v) is 4.74. The van der Waals surface area contributed by atoms with Crippen LogP contribution in [0, 0.1) is 0 Å². The summed E-state index contributed by atoms with van der Waals surface area (Å²) in [5, 5.41) is 13.6. The fourth-order valence-electron chi connectivity index (χ4n) is 2.77. The standard InChI is InChI=1S/C16H20N4OS/c1-12(21)17-14-8-5-9-20(11-14)16-19-18-15(22-16)10-13-6-3-2-4-7-13/h2-4,6-7,14H,5,8-11H2,1H3,(H,17,21)/t14-/m1/s1. The van der Waals surface area contributed by atoms with Crippen LogP contribution in [0.3, 0.4) is 0 Å². The van der Waals surface area contributed by atoms with Gasteiger partial charge in [-0.1, -0.05) is 41.7 Å². The first-order chi connectivity index (χ1) is 10.7. The molecule has 0 saturated carbocycles. The third kappa shape index (κ3) is 3.82. The number of carbonyl (C=O) groups excluding carboxylic acids is 1. The molecule has 1 atom stereocenters. The first kappa shape index (κ1) is 15.0. The SMILES string of the molecule is CC(=O)N[C@@H]1CCCN(c2nnc(Cc3ccccc3)s2)C1. The normalized spacial score (nSPS) is 18.2. The van der Waals surface area contributed by atoms with E-state index >= 15 is 0 Å². The summed E-state index contributed by atoms with van der Waals surface area (Å²) in [5.74, 6) is 0.0360. The Morgan fingerprint density at radius 3 is 2.95 bits per heavy atom. The number of aromatic nitrogens is 2. The number of amides is 1. The molecule has 2 aromatic rings. The molecule has 1 amide bonds. The van der Waals surface area contributed by atoms with E-state index < -0.39 is 0 Å². The predicted octanol–water partition coefficient (Wildman–Crippen LogP) is 2.23. The van der Waals surface area contributed by atoms with Gasteiger partial charge in [0.05, 0.1) is 0 Å². The summed E-state index contributed by atoms with van der Waals surface area (Å²) >= 11 is 1.65. The van der Waals surface area contributed by atoms with Crippen molar-refractivity contribution in [2.24, 2.45) is 0 Å². The van der Waals surface area contributed by atoms with Gasteiger partial charge in [-0.15, -0.1) is 10.2 Å². The minimum absolute atomic E-state index is 0.0360. The minimum Gasteiger partial charge on any atom is -0.352 e. The first-order valence-corrected chi connectivity index (χ1v) is 8.41. The summed E-state index contributed by atoms with van der Waals surface area (Å²) in [7, 11) is 0. The molecule has 5 nitrogen and oxygen atoms in total. The van der Waals surface area contributed by atoms with Gasteiger partial charge < -0.3 is 10.2 Å². The molecule has 6 heteroatoms. The Bertz CT molecular complexity index is 628. The molecule has 1 fully saturated rings. The van der Waals surface area contributed by atoms with Gasteiger partial charge in [0.25, 0.3) is 0 Å². The molecule has 1 aromatic carbocycles. The molecule has 0 bridgehead atoms. The minimum atomic E-state index is 0.0360. The highest BCUT2D eigenvalue weighted by Gasteiger charge is 2.23. The Balaban J connectivity index is 1.64. The largest absolute Gasteiger partial charge is 0.352 e. The van der Waals surface area contributed by atoms with Crippen molar-refractivity contribution in [2.75, 3.05) is 18.0 Å². The van der Waals surface area contributed by atoms with E-state index in [1.807, 2.05) is 18.2 Å². The van der Waals surface area contributed by atoms with Crippen molar-refractivity contribution in [3.05, 3.63) is 40.9 Å². The molecule has 1 aliphatic rings. The fourth-order valence-corrected chi connectivity index (χ4v) is 3.68. The Morgan fingerprint density at radius 1 is 1.36 bits per heavy atom. The lowest BCUT2D eigenvalue weighted by Crippen LogP contribution is -2.47. The molecule has 0 aliphatic carbocycles. The molecule has 1 aromatic heterocycles. The van der Waals surface area contributed by atoms with E-state index in [1.54, 1.807) is 18.3 Å². The molecular formula is C16H20N4OS. The predicted molar refractivity (Wildman–Crippen MR) is 88.2 cm³/mol. The number of hydrogen-bond donors (Lipinski definition) is 1. The summed E-state index contributed by atoms with van der Waals surface area (Å²) < 4.78 is 0. The van der Waals surface area contributed by atoms with Gasteiger partial charge in [-0.2, -0.15) is 0 Å². The van der Waals surface area contributed by atoms with Crippen LogP contribution in [0.4, 0.5) is 5.13 Å². The topological polar surface area (TPSA) is 58.1 Å². The van der Waals surface area contributed by atoms with Gasteiger partial charge in [0.2, 0.25) is 11.0 Å². The maximum absolute atomic E-state index is 11.2. The van der Waals surface area contributed by atoms with E-state index in [2.05, 4.69) is 32.5 Å². The molecule has 1 N–H and O–H groups in total. The van der Waals surface area contributed by atoms with Crippen molar-refractivity contribution in [1.29, 1.82) is 0 Å². The zero-order valence-corrected chi connectivity index (χ0v) is 13.5. The average Bonchev–Trinajstić information content (AvgIpc) is 2.96. The number of anilines is 1. The van der Waals surface area contributed by atoms with Gasteiger partial charge >= 0.3 is 0 Å². The third-order valence-electron chi connectivity index (χ3n) is 3.75. The van der Waals surface area contributed by atoms with Gasteiger partial charge in [0, 0.05) is 32.5 Å². The molecule has 0 radical (unpaired) electrons. The summed E-state index contributed by atoms with van der Waals surface area (Å²) in [5.41, 5.74) is 1.25. The van der Waals surface area contributed by atoms with Crippen molar-refractivity contribution in [3.63, 3.8) is 0 Å². The Morgan fingerprint density at radius 2 is 2.18 bits per heavy atom. The molecule has 116 valence electrons. The first-order valence-electron chi connectivity index (χ1n) is 7.59. The lowest BCUT2D eigenvalue weighted by atomic mass is 10.1. The summed E-state index contributed by atoms with van der Waals surface area (Å²) in [6.07, 6.45) is 2.92.